The van der Waals surface area contributed by atoms with Crippen molar-refractivity contribution in [1.82, 2.24) is 4.90 Å². The molecule has 0 saturated carbocycles. The number of nitrogens with zero attached hydrogens (tertiary/aromatic N) is 1. The Balaban J connectivity index is 1.71. The number of anilines is 1. The van der Waals surface area contributed by atoms with Gasteiger partial charge in [-0.3, -0.25) is 4.79 Å². The van der Waals surface area contributed by atoms with Crippen LogP contribution in [0.3, 0.4) is 0 Å². The van der Waals surface area contributed by atoms with Gasteiger partial charge in [-0.25, -0.2) is 4.79 Å². The number of primary amides is 1. The highest BCUT2D eigenvalue weighted by atomic mass is 19.4. The third kappa shape index (κ3) is 7.13. The van der Waals surface area contributed by atoms with Crippen LogP contribution in [0.15, 0.2) is 42.5 Å². The SMILES string of the molecule is CCC(CC)CC1(O)CCN(C(=O)Nc2cc(Oc3ccc(C(N)=O)cc3)cc(C(F)(F)F)c2)CC1. The number of likely N-dealkylation sites (tertiary alicyclic amines) is 1. The quantitative estimate of drug-likeness (QED) is 0.421. The molecule has 4 N–H and O–H groups in total. The molecule has 7 nitrogen and oxygen atoms in total. The molecule has 36 heavy (non-hydrogen) atoms. The highest BCUT2D eigenvalue weighted by molar-refractivity contribution is 5.92. The summed E-state index contributed by atoms with van der Waals surface area (Å²) in [6, 6.07) is 8.04. The van der Waals surface area contributed by atoms with E-state index in [9.17, 15) is 27.9 Å². The van der Waals surface area contributed by atoms with Crippen LogP contribution < -0.4 is 15.8 Å². The Kier molecular flexibility index (Phi) is 8.50. The van der Waals surface area contributed by atoms with Gasteiger partial charge in [-0.2, -0.15) is 13.2 Å². The van der Waals surface area contributed by atoms with Crippen LogP contribution >= 0.6 is 0 Å². The number of halogens is 3. The summed E-state index contributed by atoms with van der Waals surface area (Å²) in [6.07, 6.45) is -1.23. The predicted molar refractivity (Wildman–Crippen MR) is 130 cm³/mol. The summed E-state index contributed by atoms with van der Waals surface area (Å²) >= 11 is 0. The van der Waals surface area contributed by atoms with Gasteiger partial charge in [0.15, 0.2) is 0 Å². The van der Waals surface area contributed by atoms with Gasteiger partial charge in [-0.05, 0) is 61.6 Å². The summed E-state index contributed by atoms with van der Waals surface area (Å²) in [7, 11) is 0. The third-order valence-corrected chi connectivity index (χ3v) is 6.66. The lowest BCUT2D eigenvalue weighted by atomic mass is 9.81. The van der Waals surface area contributed by atoms with Gasteiger partial charge >= 0.3 is 12.2 Å². The zero-order valence-electron chi connectivity index (χ0n) is 20.4. The Morgan fingerprint density at radius 3 is 2.22 bits per heavy atom. The number of nitrogens with two attached hydrogens (primary N) is 1. The summed E-state index contributed by atoms with van der Waals surface area (Å²) in [4.78, 5) is 25.5. The maximum Gasteiger partial charge on any atom is 0.416 e. The molecule has 0 bridgehead atoms. The Morgan fingerprint density at radius 1 is 1.08 bits per heavy atom. The number of ether oxygens (including phenoxy) is 1. The molecule has 0 aromatic heterocycles. The molecule has 1 saturated heterocycles. The number of carbonyl (C=O) groups excluding carboxylic acids is 2. The van der Waals surface area contributed by atoms with Crippen LogP contribution in [0.1, 0.15) is 61.9 Å². The molecule has 0 radical (unpaired) electrons. The van der Waals surface area contributed by atoms with E-state index in [0.717, 1.165) is 25.0 Å². The fourth-order valence-corrected chi connectivity index (χ4v) is 4.36. The summed E-state index contributed by atoms with van der Waals surface area (Å²) in [5.74, 6) is -0.169. The molecule has 2 aromatic carbocycles. The van der Waals surface area contributed by atoms with Gasteiger partial charge in [0, 0.05) is 30.4 Å². The monoisotopic (exact) mass is 507 g/mol. The summed E-state index contributed by atoms with van der Waals surface area (Å²) in [5.41, 5.74) is 3.53. The molecular weight excluding hydrogens is 475 g/mol. The van der Waals surface area contributed by atoms with E-state index in [4.69, 9.17) is 10.5 Å². The van der Waals surface area contributed by atoms with Crippen molar-refractivity contribution in [2.24, 2.45) is 11.7 Å². The van der Waals surface area contributed by atoms with Crippen molar-refractivity contribution in [1.29, 1.82) is 0 Å². The molecule has 10 heteroatoms. The van der Waals surface area contributed by atoms with Crippen LogP contribution in [-0.2, 0) is 6.18 Å². The van der Waals surface area contributed by atoms with Gasteiger partial charge in [0.2, 0.25) is 5.91 Å². The van der Waals surface area contributed by atoms with Gasteiger partial charge in [0.1, 0.15) is 11.5 Å². The molecule has 3 rings (SSSR count). The Morgan fingerprint density at radius 2 is 1.69 bits per heavy atom. The van der Waals surface area contributed by atoms with Crippen LogP contribution in [-0.4, -0.2) is 40.6 Å². The summed E-state index contributed by atoms with van der Waals surface area (Å²) in [5, 5.41) is 13.4. The lowest BCUT2D eigenvalue weighted by Gasteiger charge is -2.39. The number of hydrogen-bond donors (Lipinski definition) is 3. The molecule has 0 unspecified atom stereocenters. The fourth-order valence-electron chi connectivity index (χ4n) is 4.36. The Bertz CT molecular complexity index is 1060. The number of urea groups is 1. The number of amides is 3. The second-order valence-corrected chi connectivity index (χ2v) is 9.26. The largest absolute Gasteiger partial charge is 0.457 e. The summed E-state index contributed by atoms with van der Waals surface area (Å²) in [6.45, 7) is 4.78. The minimum Gasteiger partial charge on any atom is -0.457 e. The Labute approximate surface area is 208 Å². The zero-order valence-corrected chi connectivity index (χ0v) is 20.4. The standard InChI is InChI=1S/C26H32F3N3O4/c1-3-17(4-2)16-25(35)9-11-32(12-10-25)24(34)31-20-13-19(26(27,28)29)14-22(15-20)36-21-7-5-18(6-8-21)23(30)33/h5-8,13-15,17,35H,3-4,9-12,16H2,1-2H3,(H2,30,33)(H,31,34). The molecule has 2 aromatic rings. The third-order valence-electron chi connectivity index (χ3n) is 6.66. The average molecular weight is 508 g/mol. The summed E-state index contributed by atoms with van der Waals surface area (Å²) < 4.78 is 46.1. The highest BCUT2D eigenvalue weighted by Gasteiger charge is 2.36. The number of piperidine rings is 1. The normalized spacial score (nSPS) is 15.6. The van der Waals surface area contributed by atoms with Gasteiger partial charge < -0.3 is 25.8 Å². The number of alkyl halides is 3. The van der Waals surface area contributed by atoms with Crippen molar-refractivity contribution in [3.8, 4) is 11.5 Å². The second-order valence-electron chi connectivity index (χ2n) is 9.26. The fraction of sp³-hybridized carbons (Fsp3) is 0.462. The first-order chi connectivity index (χ1) is 16.9. The topological polar surface area (TPSA) is 105 Å². The van der Waals surface area contributed by atoms with Gasteiger partial charge in [-0.15, -0.1) is 0 Å². The van der Waals surface area contributed by atoms with E-state index in [1.807, 2.05) is 0 Å². The van der Waals surface area contributed by atoms with E-state index < -0.39 is 29.3 Å². The van der Waals surface area contributed by atoms with Gasteiger partial charge in [0.25, 0.3) is 0 Å². The molecular formula is C26H32F3N3O4. The van der Waals surface area contributed by atoms with Crippen LogP contribution in [0.25, 0.3) is 0 Å². The molecule has 1 fully saturated rings. The molecule has 1 heterocycles. The van der Waals surface area contributed by atoms with Crippen molar-refractivity contribution in [3.05, 3.63) is 53.6 Å². The van der Waals surface area contributed by atoms with Crippen LogP contribution in [0, 0.1) is 5.92 Å². The van der Waals surface area contributed by atoms with Gasteiger partial charge in [-0.1, -0.05) is 26.7 Å². The van der Waals surface area contributed by atoms with E-state index in [2.05, 4.69) is 19.2 Å². The van der Waals surface area contributed by atoms with E-state index >= 15 is 0 Å². The first-order valence-electron chi connectivity index (χ1n) is 12.0. The average Bonchev–Trinajstić information content (AvgIpc) is 2.82. The molecule has 0 atom stereocenters. The van der Waals surface area contributed by atoms with E-state index in [1.165, 1.54) is 35.2 Å². The van der Waals surface area contributed by atoms with Crippen LogP contribution in [0.4, 0.5) is 23.7 Å². The van der Waals surface area contributed by atoms with E-state index in [-0.39, 0.29) is 22.7 Å². The lowest BCUT2D eigenvalue weighted by molar-refractivity contribution is -0.137. The molecule has 196 valence electrons. The molecule has 3 amide bonds. The number of carbonyl (C=O) groups is 2. The van der Waals surface area contributed by atoms with Crippen LogP contribution in [0.2, 0.25) is 0 Å². The van der Waals surface area contributed by atoms with Crippen molar-refractivity contribution in [2.75, 3.05) is 18.4 Å². The first-order valence-corrected chi connectivity index (χ1v) is 12.0. The van der Waals surface area contributed by atoms with Crippen molar-refractivity contribution in [2.45, 2.75) is 57.7 Å². The molecule has 1 aliphatic heterocycles. The van der Waals surface area contributed by atoms with Crippen molar-refractivity contribution in [3.63, 3.8) is 0 Å². The number of nitrogens with one attached hydrogen (secondary N) is 1. The maximum absolute atomic E-state index is 13.5. The molecule has 1 aliphatic rings. The number of rotatable bonds is 8. The smallest absolute Gasteiger partial charge is 0.416 e. The van der Waals surface area contributed by atoms with E-state index in [0.29, 0.717) is 38.3 Å². The first kappa shape index (κ1) is 27.3. The predicted octanol–water partition coefficient (Wildman–Crippen LogP) is 5.78. The highest BCUT2D eigenvalue weighted by Crippen LogP contribution is 2.36. The molecule has 0 spiro atoms. The van der Waals surface area contributed by atoms with Crippen molar-refractivity contribution < 1.29 is 32.6 Å². The number of benzene rings is 2. The maximum atomic E-state index is 13.5. The van der Waals surface area contributed by atoms with Gasteiger partial charge in [0.05, 0.1) is 11.2 Å². The second kappa shape index (κ2) is 11.2. The lowest BCUT2D eigenvalue weighted by Crippen LogP contribution is -2.48. The van der Waals surface area contributed by atoms with Crippen molar-refractivity contribution >= 4 is 17.6 Å². The zero-order chi connectivity index (χ0) is 26.5. The molecule has 0 aliphatic carbocycles. The Hall–Kier alpha value is -3.27. The minimum absolute atomic E-state index is 0.0727. The minimum atomic E-state index is -4.66. The number of hydrogen-bond acceptors (Lipinski definition) is 4. The number of aliphatic hydroxyl groups is 1. The van der Waals surface area contributed by atoms with Crippen LogP contribution in [0.5, 0.6) is 11.5 Å². The van der Waals surface area contributed by atoms with E-state index in [1.54, 1.807) is 0 Å².